The van der Waals surface area contributed by atoms with Crippen LogP contribution >= 0.6 is 11.6 Å². The molecule has 4 N–H and O–H groups in total. The lowest BCUT2D eigenvalue weighted by Gasteiger charge is -2.16. The van der Waals surface area contributed by atoms with Gasteiger partial charge in [0, 0.05) is 6.07 Å². The zero-order valence-electron chi connectivity index (χ0n) is 13.0. The minimum Gasteiger partial charge on any atom is -0.507 e. The van der Waals surface area contributed by atoms with Gasteiger partial charge in [0.15, 0.2) is 11.5 Å². The quantitative estimate of drug-likeness (QED) is 0.631. The van der Waals surface area contributed by atoms with Crippen LogP contribution < -0.4 is 9.47 Å². The summed E-state index contributed by atoms with van der Waals surface area (Å²) in [6.07, 6.45) is 0. The summed E-state index contributed by atoms with van der Waals surface area (Å²) in [4.78, 5) is 22.8. The Morgan fingerprint density at radius 3 is 2.20 bits per heavy atom. The van der Waals surface area contributed by atoms with Crippen LogP contribution in [-0.2, 0) is 0 Å². The molecule has 0 aliphatic heterocycles. The van der Waals surface area contributed by atoms with Crippen molar-refractivity contribution in [2.45, 2.75) is 6.92 Å². The molecule has 0 unspecified atom stereocenters. The predicted molar refractivity (Wildman–Crippen MR) is 86.5 cm³/mol. The first-order valence-corrected chi connectivity index (χ1v) is 7.12. The Hall–Kier alpha value is -3.13. The molecule has 0 spiro atoms. The fraction of sp³-hybridized carbons (Fsp3) is 0.125. The number of ether oxygens (including phenoxy) is 2. The molecular formula is C16H13ClO8. The molecule has 0 amide bonds. The van der Waals surface area contributed by atoms with Gasteiger partial charge >= 0.3 is 11.9 Å². The van der Waals surface area contributed by atoms with Gasteiger partial charge in [-0.15, -0.1) is 0 Å². The van der Waals surface area contributed by atoms with Crippen molar-refractivity contribution < 1.29 is 39.5 Å². The first-order valence-electron chi connectivity index (χ1n) is 6.74. The Labute approximate surface area is 146 Å². The number of carboxylic acid groups (broad SMARTS) is 2. The second-order valence-corrected chi connectivity index (χ2v) is 5.37. The number of methoxy groups -OCH3 is 1. The third-order valence-electron chi connectivity index (χ3n) is 3.26. The normalized spacial score (nSPS) is 10.4. The largest absolute Gasteiger partial charge is 0.507 e. The molecule has 0 bridgehead atoms. The van der Waals surface area contributed by atoms with Crippen LogP contribution in [0.3, 0.4) is 0 Å². The third-order valence-corrected chi connectivity index (χ3v) is 3.63. The Kier molecular flexibility index (Phi) is 4.94. The van der Waals surface area contributed by atoms with Crippen molar-refractivity contribution in [3.8, 4) is 28.7 Å². The molecule has 25 heavy (non-hydrogen) atoms. The van der Waals surface area contributed by atoms with Crippen molar-refractivity contribution in [3.63, 3.8) is 0 Å². The van der Waals surface area contributed by atoms with E-state index in [2.05, 4.69) is 0 Å². The van der Waals surface area contributed by atoms with Gasteiger partial charge in [0.2, 0.25) is 0 Å². The zero-order chi connectivity index (χ0) is 18.9. The van der Waals surface area contributed by atoms with Crippen LogP contribution in [0, 0.1) is 6.92 Å². The summed E-state index contributed by atoms with van der Waals surface area (Å²) in [5.41, 5.74) is -0.641. The number of phenols is 2. The number of aromatic carboxylic acids is 2. The maximum atomic E-state index is 11.4. The van der Waals surface area contributed by atoms with Crippen LogP contribution in [0.25, 0.3) is 0 Å². The van der Waals surface area contributed by atoms with Crippen molar-refractivity contribution in [2.24, 2.45) is 0 Å². The number of hydrogen-bond donors (Lipinski definition) is 4. The van der Waals surface area contributed by atoms with Gasteiger partial charge in [-0.3, -0.25) is 0 Å². The van der Waals surface area contributed by atoms with Crippen LogP contribution in [0.5, 0.6) is 28.7 Å². The molecular weight excluding hydrogens is 356 g/mol. The van der Waals surface area contributed by atoms with Crippen LogP contribution in [0.2, 0.25) is 5.02 Å². The minimum atomic E-state index is -1.50. The Morgan fingerprint density at radius 2 is 1.68 bits per heavy atom. The van der Waals surface area contributed by atoms with E-state index in [-0.39, 0.29) is 16.5 Å². The van der Waals surface area contributed by atoms with Gasteiger partial charge in [-0.2, -0.15) is 0 Å². The van der Waals surface area contributed by atoms with E-state index < -0.39 is 40.3 Å². The summed E-state index contributed by atoms with van der Waals surface area (Å²) in [7, 11) is 1.23. The first-order chi connectivity index (χ1) is 11.7. The standard InChI is InChI=1S/C16H13ClO8/c1-6-3-8(18)11(16(22)23)9(4-6)25-14-7(15(20)21)5-10(24-2)12(17)13(14)19/h3-5,18-19H,1-2H3,(H,20,21)(H,22,23). The molecule has 0 saturated carbocycles. The predicted octanol–water partition coefficient (Wildman–Crippen LogP) is 3.26. The second kappa shape index (κ2) is 6.78. The van der Waals surface area contributed by atoms with Crippen LogP contribution in [0.15, 0.2) is 18.2 Å². The number of aromatic hydroxyl groups is 2. The highest BCUT2D eigenvalue weighted by molar-refractivity contribution is 6.34. The van der Waals surface area contributed by atoms with Gasteiger partial charge in [-0.1, -0.05) is 11.6 Å². The summed E-state index contributed by atoms with van der Waals surface area (Å²) in [6, 6.07) is 3.50. The van der Waals surface area contributed by atoms with Gasteiger partial charge < -0.3 is 29.9 Å². The van der Waals surface area contributed by atoms with E-state index in [1.807, 2.05) is 0 Å². The lowest BCUT2D eigenvalue weighted by molar-refractivity contribution is 0.0685. The molecule has 132 valence electrons. The number of halogens is 1. The molecule has 2 aromatic carbocycles. The molecule has 0 aliphatic carbocycles. The van der Waals surface area contributed by atoms with Crippen molar-refractivity contribution in [3.05, 3.63) is 39.9 Å². The molecule has 0 aliphatic rings. The van der Waals surface area contributed by atoms with Gasteiger partial charge in [-0.05, 0) is 24.6 Å². The fourth-order valence-corrected chi connectivity index (χ4v) is 2.37. The number of carbonyl (C=O) groups is 2. The number of hydrogen-bond acceptors (Lipinski definition) is 6. The summed E-state index contributed by atoms with van der Waals surface area (Å²) in [6.45, 7) is 1.57. The molecule has 0 radical (unpaired) electrons. The van der Waals surface area contributed by atoms with Crippen LogP contribution in [-0.4, -0.2) is 39.5 Å². The molecule has 8 nitrogen and oxygen atoms in total. The number of rotatable bonds is 5. The Bertz CT molecular complexity index is 875. The molecule has 2 aromatic rings. The van der Waals surface area contributed by atoms with E-state index in [9.17, 15) is 30.0 Å². The van der Waals surface area contributed by atoms with E-state index in [0.717, 1.165) is 6.07 Å². The molecule has 0 fully saturated rings. The molecule has 0 aromatic heterocycles. The first kappa shape index (κ1) is 18.2. The molecule has 0 saturated heterocycles. The van der Waals surface area contributed by atoms with E-state index in [4.69, 9.17) is 21.1 Å². The van der Waals surface area contributed by atoms with Crippen LogP contribution in [0.1, 0.15) is 26.3 Å². The minimum absolute atomic E-state index is 0.102. The molecule has 2 rings (SSSR count). The van der Waals surface area contributed by atoms with Gasteiger partial charge in [0.25, 0.3) is 0 Å². The summed E-state index contributed by atoms with van der Waals surface area (Å²) >= 11 is 5.89. The van der Waals surface area contributed by atoms with Crippen molar-refractivity contribution >= 4 is 23.5 Å². The average molecular weight is 369 g/mol. The molecule has 0 atom stereocenters. The number of benzene rings is 2. The summed E-state index contributed by atoms with van der Waals surface area (Å²) in [5, 5.41) is 38.2. The van der Waals surface area contributed by atoms with Crippen molar-refractivity contribution in [1.29, 1.82) is 0 Å². The third kappa shape index (κ3) is 3.38. The highest BCUT2D eigenvalue weighted by Crippen LogP contribution is 2.46. The maximum Gasteiger partial charge on any atom is 0.343 e. The van der Waals surface area contributed by atoms with E-state index in [1.165, 1.54) is 19.2 Å². The topological polar surface area (TPSA) is 134 Å². The molecule has 0 heterocycles. The van der Waals surface area contributed by atoms with E-state index in [1.54, 1.807) is 6.92 Å². The lowest BCUT2D eigenvalue weighted by Crippen LogP contribution is -2.05. The monoisotopic (exact) mass is 368 g/mol. The highest BCUT2D eigenvalue weighted by Gasteiger charge is 2.26. The summed E-state index contributed by atoms with van der Waals surface area (Å²) < 4.78 is 10.2. The van der Waals surface area contributed by atoms with Crippen molar-refractivity contribution in [1.82, 2.24) is 0 Å². The van der Waals surface area contributed by atoms with Gasteiger partial charge in [0.1, 0.15) is 33.4 Å². The second-order valence-electron chi connectivity index (χ2n) is 4.99. The van der Waals surface area contributed by atoms with E-state index in [0.29, 0.717) is 5.56 Å². The highest BCUT2D eigenvalue weighted by atomic mass is 35.5. The van der Waals surface area contributed by atoms with Crippen molar-refractivity contribution in [2.75, 3.05) is 7.11 Å². The summed E-state index contributed by atoms with van der Waals surface area (Å²) in [5.74, 6) is -5.31. The Morgan fingerprint density at radius 1 is 1.04 bits per heavy atom. The molecule has 9 heteroatoms. The van der Waals surface area contributed by atoms with E-state index >= 15 is 0 Å². The SMILES string of the molecule is COc1cc(C(=O)O)c(Oc2cc(C)cc(O)c2C(=O)O)c(O)c1Cl. The van der Waals surface area contributed by atoms with Gasteiger partial charge in [-0.25, -0.2) is 9.59 Å². The van der Waals surface area contributed by atoms with Gasteiger partial charge in [0.05, 0.1) is 7.11 Å². The average Bonchev–Trinajstić information content (AvgIpc) is 2.50. The number of carboxylic acids is 2. The Balaban J connectivity index is 2.72. The number of aryl methyl sites for hydroxylation is 1. The zero-order valence-corrected chi connectivity index (χ0v) is 13.8. The lowest BCUT2D eigenvalue weighted by atomic mass is 10.1. The van der Waals surface area contributed by atoms with Crippen LogP contribution in [0.4, 0.5) is 0 Å². The fourth-order valence-electron chi connectivity index (χ4n) is 2.15. The maximum absolute atomic E-state index is 11.4. The number of phenolic OH excluding ortho intramolecular Hbond substituents is 1. The smallest absolute Gasteiger partial charge is 0.343 e.